The van der Waals surface area contributed by atoms with Crippen LogP contribution < -0.4 is 5.73 Å². The Bertz CT molecular complexity index is 433. The minimum absolute atomic E-state index is 0.0570. The number of halogens is 1. The first-order valence-corrected chi connectivity index (χ1v) is 6.71. The summed E-state index contributed by atoms with van der Waals surface area (Å²) in [5.74, 6) is 0.644. The largest absolute Gasteiger partial charge is 0.398 e. The van der Waals surface area contributed by atoms with E-state index in [4.69, 9.17) is 5.73 Å². The molecule has 0 aromatic heterocycles. The van der Waals surface area contributed by atoms with Crippen molar-refractivity contribution in [2.24, 2.45) is 5.92 Å². The predicted octanol–water partition coefficient (Wildman–Crippen LogP) is 2.90. The third-order valence-electron chi connectivity index (χ3n) is 3.19. The van der Waals surface area contributed by atoms with E-state index >= 15 is 0 Å². The Morgan fingerprint density at radius 3 is 2.94 bits per heavy atom. The van der Waals surface area contributed by atoms with Crippen LogP contribution in [0.15, 0.2) is 22.7 Å². The SMILES string of the molecule is CC1CCCN(C(=O)c2ccc(Br)cc2N)C1. The molecule has 2 N–H and O–H groups in total. The van der Waals surface area contributed by atoms with Gasteiger partial charge in [-0.15, -0.1) is 0 Å². The number of nitrogen functional groups attached to an aromatic ring is 1. The summed E-state index contributed by atoms with van der Waals surface area (Å²) in [6.07, 6.45) is 2.29. The molecule has 1 aliphatic heterocycles. The summed E-state index contributed by atoms with van der Waals surface area (Å²) >= 11 is 3.35. The topological polar surface area (TPSA) is 46.3 Å². The summed E-state index contributed by atoms with van der Waals surface area (Å²) in [4.78, 5) is 14.2. The molecule has 92 valence electrons. The predicted molar refractivity (Wildman–Crippen MR) is 72.9 cm³/mol. The van der Waals surface area contributed by atoms with Crippen molar-refractivity contribution >= 4 is 27.5 Å². The minimum atomic E-state index is 0.0570. The highest BCUT2D eigenvalue weighted by molar-refractivity contribution is 9.10. The number of hydrogen-bond acceptors (Lipinski definition) is 2. The van der Waals surface area contributed by atoms with Crippen molar-refractivity contribution < 1.29 is 4.79 Å². The molecule has 1 amide bonds. The standard InChI is InChI=1S/C13H17BrN2O/c1-9-3-2-6-16(8-9)13(17)11-5-4-10(14)7-12(11)15/h4-5,7,9H,2-3,6,8,15H2,1H3. The molecule has 1 unspecified atom stereocenters. The van der Waals surface area contributed by atoms with Crippen molar-refractivity contribution in [3.8, 4) is 0 Å². The highest BCUT2D eigenvalue weighted by atomic mass is 79.9. The number of hydrogen-bond donors (Lipinski definition) is 1. The lowest BCUT2D eigenvalue weighted by Gasteiger charge is -2.31. The highest BCUT2D eigenvalue weighted by Crippen LogP contribution is 2.23. The van der Waals surface area contributed by atoms with Gasteiger partial charge in [0.1, 0.15) is 0 Å². The number of carbonyl (C=O) groups excluding carboxylic acids is 1. The van der Waals surface area contributed by atoms with Gasteiger partial charge in [-0.2, -0.15) is 0 Å². The van der Waals surface area contributed by atoms with E-state index in [-0.39, 0.29) is 5.91 Å². The summed E-state index contributed by atoms with van der Waals surface area (Å²) in [5.41, 5.74) is 7.04. The van der Waals surface area contributed by atoms with Gasteiger partial charge in [0.25, 0.3) is 5.91 Å². The van der Waals surface area contributed by atoms with Crippen LogP contribution in [0.1, 0.15) is 30.1 Å². The summed E-state index contributed by atoms with van der Waals surface area (Å²) in [6.45, 7) is 3.87. The molecule has 3 nitrogen and oxygen atoms in total. The maximum atomic E-state index is 12.3. The average molecular weight is 297 g/mol. The van der Waals surface area contributed by atoms with E-state index in [2.05, 4.69) is 22.9 Å². The number of rotatable bonds is 1. The van der Waals surface area contributed by atoms with Crippen LogP contribution in [0.25, 0.3) is 0 Å². The van der Waals surface area contributed by atoms with E-state index in [0.29, 0.717) is 17.2 Å². The number of carbonyl (C=O) groups is 1. The molecule has 17 heavy (non-hydrogen) atoms. The van der Waals surface area contributed by atoms with Crippen LogP contribution in [0.3, 0.4) is 0 Å². The highest BCUT2D eigenvalue weighted by Gasteiger charge is 2.23. The van der Waals surface area contributed by atoms with Crippen molar-refractivity contribution in [1.29, 1.82) is 0 Å². The Kier molecular flexibility index (Phi) is 3.72. The van der Waals surface area contributed by atoms with Gasteiger partial charge >= 0.3 is 0 Å². The Morgan fingerprint density at radius 2 is 2.29 bits per heavy atom. The van der Waals surface area contributed by atoms with Gasteiger partial charge < -0.3 is 10.6 Å². The van der Waals surface area contributed by atoms with E-state index in [1.807, 2.05) is 11.0 Å². The molecular formula is C13H17BrN2O. The summed E-state index contributed by atoms with van der Waals surface area (Å²) in [6, 6.07) is 5.43. The lowest BCUT2D eigenvalue weighted by atomic mass is 9.99. The minimum Gasteiger partial charge on any atom is -0.398 e. The van der Waals surface area contributed by atoms with Gasteiger partial charge in [0.2, 0.25) is 0 Å². The fourth-order valence-electron chi connectivity index (χ4n) is 2.27. The Morgan fingerprint density at radius 1 is 1.53 bits per heavy atom. The number of anilines is 1. The zero-order valence-electron chi connectivity index (χ0n) is 9.95. The number of nitrogens with two attached hydrogens (primary N) is 1. The average Bonchev–Trinajstić information content (AvgIpc) is 2.28. The Labute approximate surface area is 110 Å². The smallest absolute Gasteiger partial charge is 0.255 e. The molecule has 1 heterocycles. The maximum Gasteiger partial charge on any atom is 0.255 e. The van der Waals surface area contributed by atoms with E-state index in [1.165, 1.54) is 6.42 Å². The normalized spacial score (nSPS) is 20.4. The summed E-state index contributed by atoms with van der Waals surface area (Å²) < 4.78 is 0.901. The molecule has 0 bridgehead atoms. The molecule has 0 saturated carbocycles. The van der Waals surface area contributed by atoms with Crippen LogP contribution in [0.4, 0.5) is 5.69 Å². The molecule has 4 heteroatoms. The fraction of sp³-hybridized carbons (Fsp3) is 0.462. The third kappa shape index (κ3) is 2.80. The molecule has 1 aliphatic rings. The molecule has 1 atom stereocenters. The number of amides is 1. The molecule has 0 spiro atoms. The van der Waals surface area contributed by atoms with E-state index in [9.17, 15) is 4.79 Å². The van der Waals surface area contributed by atoms with Crippen LogP contribution in [-0.2, 0) is 0 Å². The van der Waals surface area contributed by atoms with Crippen molar-refractivity contribution in [3.63, 3.8) is 0 Å². The first-order valence-electron chi connectivity index (χ1n) is 5.92. The van der Waals surface area contributed by atoms with Gasteiger partial charge in [-0.05, 0) is 37.0 Å². The van der Waals surface area contributed by atoms with Crippen molar-refractivity contribution in [2.75, 3.05) is 18.8 Å². The first kappa shape index (κ1) is 12.4. The zero-order valence-corrected chi connectivity index (χ0v) is 11.5. The van der Waals surface area contributed by atoms with Crippen LogP contribution >= 0.6 is 15.9 Å². The summed E-state index contributed by atoms with van der Waals surface area (Å²) in [5, 5.41) is 0. The molecule has 2 rings (SSSR count). The zero-order chi connectivity index (χ0) is 12.4. The summed E-state index contributed by atoms with van der Waals surface area (Å²) in [7, 11) is 0. The van der Waals surface area contributed by atoms with E-state index in [0.717, 1.165) is 24.0 Å². The molecule has 1 aromatic carbocycles. The second-order valence-corrected chi connectivity index (χ2v) is 5.65. The lowest BCUT2D eigenvalue weighted by molar-refractivity contribution is 0.0684. The van der Waals surface area contributed by atoms with Gasteiger partial charge in [0.15, 0.2) is 0 Å². The molecule has 1 fully saturated rings. The van der Waals surface area contributed by atoms with Crippen molar-refractivity contribution in [1.82, 2.24) is 4.90 Å². The number of likely N-dealkylation sites (tertiary alicyclic amines) is 1. The van der Waals surface area contributed by atoms with Crippen LogP contribution in [0.5, 0.6) is 0 Å². The third-order valence-corrected chi connectivity index (χ3v) is 3.68. The van der Waals surface area contributed by atoms with E-state index in [1.54, 1.807) is 12.1 Å². The lowest BCUT2D eigenvalue weighted by Crippen LogP contribution is -2.39. The van der Waals surface area contributed by atoms with Crippen LogP contribution in [-0.4, -0.2) is 23.9 Å². The van der Waals surface area contributed by atoms with Gasteiger partial charge in [0.05, 0.1) is 5.56 Å². The Balaban J connectivity index is 2.18. The van der Waals surface area contributed by atoms with Gasteiger partial charge in [-0.25, -0.2) is 0 Å². The monoisotopic (exact) mass is 296 g/mol. The molecular weight excluding hydrogens is 280 g/mol. The van der Waals surface area contributed by atoms with Crippen LogP contribution in [0, 0.1) is 5.92 Å². The first-order chi connectivity index (χ1) is 8.08. The quantitative estimate of drug-likeness (QED) is 0.810. The van der Waals surface area contributed by atoms with Crippen LogP contribution in [0.2, 0.25) is 0 Å². The van der Waals surface area contributed by atoms with E-state index < -0.39 is 0 Å². The van der Waals surface area contributed by atoms with Gasteiger partial charge in [0, 0.05) is 23.2 Å². The Hall–Kier alpha value is -1.03. The van der Waals surface area contributed by atoms with Gasteiger partial charge in [-0.1, -0.05) is 22.9 Å². The molecule has 0 aliphatic carbocycles. The van der Waals surface area contributed by atoms with Crippen molar-refractivity contribution in [2.45, 2.75) is 19.8 Å². The number of nitrogens with zero attached hydrogens (tertiary/aromatic N) is 1. The second-order valence-electron chi connectivity index (χ2n) is 4.73. The number of benzene rings is 1. The molecule has 1 aromatic rings. The maximum absolute atomic E-state index is 12.3. The molecule has 1 saturated heterocycles. The molecule has 0 radical (unpaired) electrons. The van der Waals surface area contributed by atoms with Crippen molar-refractivity contribution in [3.05, 3.63) is 28.2 Å². The fourth-order valence-corrected chi connectivity index (χ4v) is 2.65. The second kappa shape index (κ2) is 5.08. The van der Waals surface area contributed by atoms with Gasteiger partial charge in [-0.3, -0.25) is 4.79 Å². The number of piperidine rings is 1.